The van der Waals surface area contributed by atoms with Crippen LogP contribution >= 0.6 is 0 Å². The maximum atomic E-state index is 10.9. The number of hydrogen-bond acceptors (Lipinski definition) is 4. The minimum absolute atomic E-state index is 0.0438. The minimum Gasteiger partial charge on any atom is -0.461 e. The molecule has 0 bridgehead atoms. The number of carbonyl (C=O) groups is 2. The molecule has 4 heteroatoms. The molecular formula is C8H11NO3. The molecule has 2 rings (SSSR count). The van der Waals surface area contributed by atoms with Gasteiger partial charge in [0.15, 0.2) is 0 Å². The molecule has 0 aromatic heterocycles. The molecule has 0 spiro atoms. The van der Waals surface area contributed by atoms with E-state index in [0.29, 0.717) is 13.0 Å². The molecule has 0 radical (unpaired) electrons. The summed E-state index contributed by atoms with van der Waals surface area (Å²) in [5.74, 6) is -0.0649. The number of esters is 1. The number of fused-ring (bicyclic) bond motifs is 1. The van der Waals surface area contributed by atoms with Gasteiger partial charge in [-0.15, -0.1) is 0 Å². The lowest BCUT2D eigenvalue weighted by molar-refractivity contribution is -0.141. The first-order chi connectivity index (χ1) is 5.72. The summed E-state index contributed by atoms with van der Waals surface area (Å²) in [6, 6.07) is -0.124. The van der Waals surface area contributed by atoms with Gasteiger partial charge in [-0.05, 0) is 7.05 Å². The van der Waals surface area contributed by atoms with Gasteiger partial charge in [-0.25, -0.2) is 0 Å². The lowest BCUT2D eigenvalue weighted by atomic mass is 9.98. The Morgan fingerprint density at radius 2 is 2.42 bits per heavy atom. The molecule has 0 aromatic carbocycles. The van der Waals surface area contributed by atoms with Crippen LogP contribution in [0.25, 0.3) is 0 Å². The molecule has 0 unspecified atom stereocenters. The summed E-state index contributed by atoms with van der Waals surface area (Å²) in [5.41, 5.74) is 0. The molecule has 0 N–H and O–H groups in total. The second kappa shape index (κ2) is 2.55. The van der Waals surface area contributed by atoms with Crippen LogP contribution in [-0.2, 0) is 14.3 Å². The molecular weight excluding hydrogens is 158 g/mol. The highest BCUT2D eigenvalue weighted by Gasteiger charge is 2.47. The van der Waals surface area contributed by atoms with Crippen molar-refractivity contribution in [2.45, 2.75) is 18.6 Å². The number of likely N-dealkylation sites (N-methyl/N-ethyl adjacent to an activating group) is 1. The van der Waals surface area contributed by atoms with E-state index in [1.807, 2.05) is 11.9 Å². The van der Waals surface area contributed by atoms with E-state index >= 15 is 0 Å². The fraction of sp³-hybridized carbons (Fsp3) is 0.750. The highest BCUT2D eigenvalue weighted by atomic mass is 16.6. The van der Waals surface area contributed by atoms with Crippen molar-refractivity contribution in [3.63, 3.8) is 0 Å². The Hall–Kier alpha value is -0.900. The number of rotatable bonds is 1. The van der Waals surface area contributed by atoms with Gasteiger partial charge >= 0.3 is 5.97 Å². The van der Waals surface area contributed by atoms with Crippen molar-refractivity contribution in [2.24, 2.45) is 5.92 Å². The lowest BCUT2D eigenvalue weighted by Crippen LogP contribution is -2.31. The topological polar surface area (TPSA) is 46.6 Å². The fourth-order valence-corrected chi connectivity index (χ4v) is 2.08. The van der Waals surface area contributed by atoms with Gasteiger partial charge in [0, 0.05) is 12.5 Å². The summed E-state index contributed by atoms with van der Waals surface area (Å²) in [7, 11) is 1.88. The van der Waals surface area contributed by atoms with E-state index in [1.165, 1.54) is 0 Å². The first-order valence-electron chi connectivity index (χ1n) is 4.07. The Morgan fingerprint density at radius 1 is 1.67 bits per heavy atom. The van der Waals surface area contributed by atoms with E-state index in [4.69, 9.17) is 4.74 Å². The minimum atomic E-state index is -0.162. The molecule has 2 saturated heterocycles. The van der Waals surface area contributed by atoms with E-state index in [-0.39, 0.29) is 24.0 Å². The van der Waals surface area contributed by atoms with Gasteiger partial charge in [0.25, 0.3) is 0 Å². The van der Waals surface area contributed by atoms with E-state index in [2.05, 4.69) is 0 Å². The number of hydrogen-bond donors (Lipinski definition) is 0. The molecule has 4 nitrogen and oxygen atoms in total. The van der Waals surface area contributed by atoms with Crippen LogP contribution in [0.1, 0.15) is 6.42 Å². The van der Waals surface area contributed by atoms with Crippen molar-refractivity contribution < 1.29 is 14.3 Å². The first-order valence-corrected chi connectivity index (χ1v) is 4.07. The van der Waals surface area contributed by atoms with Gasteiger partial charge < -0.3 is 9.53 Å². The third-order valence-corrected chi connectivity index (χ3v) is 2.72. The smallest absolute Gasteiger partial charge is 0.306 e. The van der Waals surface area contributed by atoms with Crippen LogP contribution in [0, 0.1) is 5.92 Å². The Bertz CT molecular complexity index is 228. The highest BCUT2D eigenvalue weighted by molar-refractivity contribution is 5.74. The molecule has 0 aliphatic carbocycles. The maximum absolute atomic E-state index is 10.9. The van der Waals surface area contributed by atoms with Crippen molar-refractivity contribution in [1.29, 1.82) is 0 Å². The molecule has 2 aliphatic heterocycles. The molecule has 2 aliphatic rings. The second-order valence-corrected chi connectivity index (χ2v) is 3.46. The number of likely N-dealkylation sites (tertiary alicyclic amines) is 1. The van der Waals surface area contributed by atoms with E-state index in [0.717, 1.165) is 6.29 Å². The normalized spacial score (nSPS) is 41.1. The van der Waals surface area contributed by atoms with Crippen LogP contribution in [0.4, 0.5) is 0 Å². The fourth-order valence-electron chi connectivity index (χ4n) is 2.08. The lowest BCUT2D eigenvalue weighted by Gasteiger charge is -2.15. The van der Waals surface area contributed by atoms with Crippen molar-refractivity contribution >= 4 is 12.3 Å². The summed E-state index contributed by atoms with van der Waals surface area (Å²) >= 11 is 0. The number of carbonyl (C=O) groups excluding carboxylic acids is 2. The summed E-state index contributed by atoms with van der Waals surface area (Å²) in [6.07, 6.45) is 1.27. The summed E-state index contributed by atoms with van der Waals surface area (Å²) < 4.78 is 5.05. The third kappa shape index (κ3) is 0.948. The van der Waals surface area contributed by atoms with Crippen molar-refractivity contribution in [1.82, 2.24) is 4.90 Å². The largest absolute Gasteiger partial charge is 0.461 e. The van der Waals surface area contributed by atoms with Gasteiger partial charge in [0.1, 0.15) is 12.4 Å². The second-order valence-electron chi connectivity index (χ2n) is 3.46. The number of nitrogens with zero attached hydrogens (tertiary/aromatic N) is 1. The molecule has 2 fully saturated rings. The molecule has 0 amide bonds. The quantitative estimate of drug-likeness (QED) is 0.389. The van der Waals surface area contributed by atoms with Gasteiger partial charge in [-0.3, -0.25) is 9.69 Å². The van der Waals surface area contributed by atoms with Crippen LogP contribution < -0.4 is 0 Å². The Balaban J connectivity index is 2.16. The predicted molar refractivity (Wildman–Crippen MR) is 40.5 cm³/mol. The van der Waals surface area contributed by atoms with Crippen molar-refractivity contribution in [2.75, 3.05) is 13.6 Å². The SMILES string of the molecule is CN1C[C@@H]2OC(=O)C[C@@H]2[C@H]1C=O. The molecule has 3 atom stereocenters. The van der Waals surface area contributed by atoms with E-state index in [9.17, 15) is 9.59 Å². The zero-order valence-corrected chi connectivity index (χ0v) is 6.90. The Morgan fingerprint density at radius 3 is 3.08 bits per heavy atom. The van der Waals surface area contributed by atoms with Crippen LogP contribution in [0.2, 0.25) is 0 Å². The summed E-state index contributed by atoms with van der Waals surface area (Å²) in [5, 5.41) is 0. The average Bonchev–Trinajstić information content (AvgIpc) is 2.43. The monoisotopic (exact) mass is 169 g/mol. The first kappa shape index (κ1) is 7.73. The molecule has 12 heavy (non-hydrogen) atoms. The maximum Gasteiger partial charge on any atom is 0.306 e. The molecule has 2 heterocycles. The zero-order chi connectivity index (χ0) is 8.72. The molecule has 66 valence electrons. The highest BCUT2D eigenvalue weighted by Crippen LogP contribution is 2.33. The van der Waals surface area contributed by atoms with Crippen molar-refractivity contribution in [3.8, 4) is 0 Å². The Kier molecular flexibility index (Phi) is 1.65. The van der Waals surface area contributed by atoms with Gasteiger partial charge in [-0.2, -0.15) is 0 Å². The summed E-state index contributed by atoms with van der Waals surface area (Å²) in [4.78, 5) is 23.5. The number of aldehydes is 1. The van der Waals surface area contributed by atoms with E-state index < -0.39 is 0 Å². The van der Waals surface area contributed by atoms with E-state index in [1.54, 1.807) is 0 Å². The third-order valence-electron chi connectivity index (χ3n) is 2.72. The van der Waals surface area contributed by atoms with Crippen LogP contribution in [0.15, 0.2) is 0 Å². The number of ether oxygens (including phenoxy) is 1. The Labute approximate surface area is 70.5 Å². The zero-order valence-electron chi connectivity index (χ0n) is 6.90. The predicted octanol–water partition coefficient (Wildman–Crippen LogP) is -0.569. The molecule has 0 aromatic rings. The average molecular weight is 169 g/mol. The van der Waals surface area contributed by atoms with Crippen LogP contribution in [-0.4, -0.2) is 42.9 Å². The standard InChI is InChI=1S/C8H11NO3/c1-9-3-7-5(6(9)4-10)2-8(11)12-7/h4-7H,2-3H2,1H3/t5-,6-,7+/m1/s1. The van der Waals surface area contributed by atoms with Gasteiger partial charge in [-0.1, -0.05) is 0 Å². The van der Waals surface area contributed by atoms with Crippen LogP contribution in [0.3, 0.4) is 0 Å². The van der Waals surface area contributed by atoms with Gasteiger partial charge in [0.2, 0.25) is 0 Å². The molecule has 0 saturated carbocycles. The van der Waals surface area contributed by atoms with Gasteiger partial charge in [0.05, 0.1) is 12.5 Å². The van der Waals surface area contributed by atoms with Crippen LogP contribution in [0.5, 0.6) is 0 Å². The van der Waals surface area contributed by atoms with Crippen molar-refractivity contribution in [3.05, 3.63) is 0 Å². The summed E-state index contributed by atoms with van der Waals surface area (Å²) in [6.45, 7) is 0.694.